The maximum absolute atomic E-state index is 12.5. The van der Waals surface area contributed by atoms with Crippen LogP contribution < -0.4 is 5.32 Å². The summed E-state index contributed by atoms with van der Waals surface area (Å²) in [5.41, 5.74) is 0. The van der Waals surface area contributed by atoms with Gasteiger partial charge in [-0.1, -0.05) is 217 Å². The first-order chi connectivity index (χ1) is 30.5. The highest BCUT2D eigenvalue weighted by molar-refractivity contribution is 5.76. The van der Waals surface area contributed by atoms with Crippen LogP contribution in [0.2, 0.25) is 0 Å². The minimum Gasteiger partial charge on any atom is -0.466 e. The quantitative estimate of drug-likeness (QED) is 0.0321. The molecule has 6 heteroatoms. The molecule has 0 aliphatic carbocycles. The highest BCUT2D eigenvalue weighted by atomic mass is 16.5. The highest BCUT2D eigenvalue weighted by Crippen LogP contribution is 2.16. The lowest BCUT2D eigenvalue weighted by molar-refractivity contribution is -0.143. The molecule has 2 atom stereocenters. The van der Waals surface area contributed by atoms with Crippen molar-refractivity contribution in [3.63, 3.8) is 0 Å². The van der Waals surface area contributed by atoms with Crippen LogP contribution in [0.4, 0.5) is 0 Å². The predicted molar refractivity (Wildman–Crippen MR) is 269 cm³/mol. The van der Waals surface area contributed by atoms with Crippen molar-refractivity contribution >= 4 is 11.9 Å². The third-order valence-electron chi connectivity index (χ3n) is 12.4. The van der Waals surface area contributed by atoms with E-state index in [9.17, 15) is 19.8 Å². The van der Waals surface area contributed by atoms with Crippen molar-refractivity contribution in [3.05, 3.63) is 36.5 Å². The number of hydrogen-bond donors (Lipinski definition) is 3. The maximum Gasteiger partial charge on any atom is 0.305 e. The van der Waals surface area contributed by atoms with Gasteiger partial charge in [0.15, 0.2) is 0 Å². The van der Waals surface area contributed by atoms with Crippen molar-refractivity contribution in [2.24, 2.45) is 0 Å². The lowest BCUT2D eigenvalue weighted by atomic mass is 10.0. The second kappa shape index (κ2) is 51.7. The third-order valence-corrected chi connectivity index (χ3v) is 12.4. The van der Waals surface area contributed by atoms with Crippen molar-refractivity contribution in [3.8, 4) is 0 Å². The van der Waals surface area contributed by atoms with Crippen molar-refractivity contribution in [2.45, 2.75) is 296 Å². The summed E-state index contributed by atoms with van der Waals surface area (Å²) in [6.07, 6.45) is 62.6. The molecule has 0 saturated heterocycles. The molecule has 6 nitrogen and oxygen atoms in total. The van der Waals surface area contributed by atoms with E-state index in [1.54, 1.807) is 0 Å². The first-order valence-corrected chi connectivity index (χ1v) is 27.2. The number of nitrogens with one attached hydrogen (secondary N) is 1. The molecule has 2 unspecified atom stereocenters. The van der Waals surface area contributed by atoms with Crippen LogP contribution in [0, 0.1) is 0 Å². The smallest absolute Gasteiger partial charge is 0.305 e. The lowest BCUT2D eigenvalue weighted by Gasteiger charge is -2.22. The van der Waals surface area contributed by atoms with Crippen LogP contribution in [0.15, 0.2) is 36.5 Å². The zero-order valence-electron chi connectivity index (χ0n) is 41.4. The van der Waals surface area contributed by atoms with Crippen LogP contribution in [-0.2, 0) is 14.3 Å². The van der Waals surface area contributed by atoms with E-state index in [1.165, 1.54) is 161 Å². The van der Waals surface area contributed by atoms with Gasteiger partial charge in [-0.2, -0.15) is 0 Å². The summed E-state index contributed by atoms with van der Waals surface area (Å²) >= 11 is 0. The van der Waals surface area contributed by atoms with Crippen molar-refractivity contribution in [2.75, 3.05) is 13.2 Å². The van der Waals surface area contributed by atoms with Gasteiger partial charge in [0.2, 0.25) is 5.91 Å². The summed E-state index contributed by atoms with van der Waals surface area (Å²) < 4.78 is 5.44. The average Bonchev–Trinajstić information content (AvgIpc) is 3.27. The van der Waals surface area contributed by atoms with E-state index in [2.05, 4.69) is 55.6 Å². The molecule has 0 rings (SSSR count). The largest absolute Gasteiger partial charge is 0.466 e. The summed E-state index contributed by atoms with van der Waals surface area (Å²) in [6, 6.07) is -0.561. The summed E-state index contributed by atoms with van der Waals surface area (Å²) in [6.45, 7) is 4.87. The molecule has 0 aromatic carbocycles. The van der Waals surface area contributed by atoms with E-state index in [4.69, 9.17) is 4.74 Å². The van der Waals surface area contributed by atoms with Gasteiger partial charge in [0.05, 0.1) is 25.4 Å². The minimum atomic E-state index is -0.682. The van der Waals surface area contributed by atoms with Crippen LogP contribution >= 0.6 is 0 Å². The molecule has 0 bridgehead atoms. The van der Waals surface area contributed by atoms with E-state index >= 15 is 0 Å². The van der Waals surface area contributed by atoms with Gasteiger partial charge in [-0.3, -0.25) is 9.59 Å². The summed E-state index contributed by atoms with van der Waals surface area (Å²) in [4.78, 5) is 24.5. The van der Waals surface area contributed by atoms with Crippen LogP contribution in [0.25, 0.3) is 0 Å². The molecular formula is C56H105NO5. The number of carbonyl (C=O) groups is 2. The summed E-state index contributed by atoms with van der Waals surface area (Å²) in [5, 5.41) is 23.3. The number of unbranched alkanes of at least 4 members (excludes halogenated alkanes) is 33. The highest BCUT2D eigenvalue weighted by Gasteiger charge is 2.20. The third kappa shape index (κ3) is 47.6. The van der Waals surface area contributed by atoms with Crippen LogP contribution in [0.1, 0.15) is 284 Å². The first-order valence-electron chi connectivity index (χ1n) is 27.2. The van der Waals surface area contributed by atoms with Gasteiger partial charge in [-0.25, -0.2) is 0 Å². The Morgan fingerprint density at radius 2 is 0.806 bits per heavy atom. The molecular weight excluding hydrogens is 767 g/mol. The van der Waals surface area contributed by atoms with Gasteiger partial charge in [0.25, 0.3) is 0 Å². The molecule has 364 valence electrons. The lowest BCUT2D eigenvalue weighted by Crippen LogP contribution is -2.45. The van der Waals surface area contributed by atoms with Crippen molar-refractivity contribution < 1.29 is 24.5 Å². The number of hydrogen-bond acceptors (Lipinski definition) is 5. The minimum absolute atomic E-state index is 0.0362. The monoisotopic (exact) mass is 872 g/mol. The Morgan fingerprint density at radius 3 is 1.26 bits per heavy atom. The van der Waals surface area contributed by atoms with E-state index in [1.807, 2.05) is 0 Å². The Bertz CT molecular complexity index is 1010. The molecule has 0 heterocycles. The molecule has 0 saturated carbocycles. The number of esters is 1. The van der Waals surface area contributed by atoms with Crippen molar-refractivity contribution in [1.82, 2.24) is 5.32 Å². The second-order valence-corrected chi connectivity index (χ2v) is 18.6. The Labute approximate surface area is 385 Å². The molecule has 1 amide bonds. The number of aliphatic hydroxyl groups excluding tert-OH is 2. The predicted octanol–water partition coefficient (Wildman–Crippen LogP) is 16.5. The zero-order chi connectivity index (χ0) is 45.1. The molecule has 0 aromatic heterocycles. The maximum atomic E-state index is 12.5. The van der Waals surface area contributed by atoms with Gasteiger partial charge in [0.1, 0.15) is 0 Å². The van der Waals surface area contributed by atoms with E-state index in [0.29, 0.717) is 25.9 Å². The second-order valence-electron chi connectivity index (χ2n) is 18.6. The summed E-state index contributed by atoms with van der Waals surface area (Å²) in [7, 11) is 0. The fourth-order valence-corrected chi connectivity index (χ4v) is 8.19. The average molecular weight is 872 g/mol. The van der Waals surface area contributed by atoms with Gasteiger partial charge >= 0.3 is 5.97 Å². The first kappa shape index (κ1) is 60.1. The molecule has 0 aliphatic rings. The molecule has 0 aromatic rings. The molecule has 62 heavy (non-hydrogen) atoms. The van der Waals surface area contributed by atoms with E-state index in [-0.39, 0.29) is 18.5 Å². The number of ether oxygens (including phenoxy) is 1. The Morgan fingerprint density at radius 1 is 0.452 bits per heavy atom. The molecule has 0 radical (unpaired) electrons. The Hall–Kier alpha value is -1.92. The molecule has 0 aliphatic heterocycles. The van der Waals surface area contributed by atoms with Gasteiger partial charge < -0.3 is 20.3 Å². The number of amides is 1. The standard InChI is InChI=1S/C56H105NO5/c1-3-5-7-9-11-13-15-17-19-21-22-24-28-32-36-40-44-48-54(59)53(52-58)57-55(60)49-45-41-37-33-29-26-27-31-35-39-43-47-51-62-56(61)50-46-42-38-34-30-25-23-20-18-16-14-12-10-8-6-4-2/h14,16,20,23,27,31,53-54,58-59H,3-13,15,17-19,21-22,24-26,28-30,32-52H2,1-2H3,(H,57,60)/b16-14-,23-20-,31-27-. The number of allylic oxidation sites excluding steroid dienone is 6. The van der Waals surface area contributed by atoms with Crippen LogP contribution in [-0.4, -0.2) is 47.4 Å². The fourth-order valence-electron chi connectivity index (χ4n) is 8.19. The van der Waals surface area contributed by atoms with Crippen LogP contribution in [0.3, 0.4) is 0 Å². The zero-order valence-corrected chi connectivity index (χ0v) is 41.4. The Kier molecular flexibility index (Phi) is 50.1. The Balaban J connectivity index is 3.52. The van der Waals surface area contributed by atoms with E-state index < -0.39 is 12.1 Å². The van der Waals surface area contributed by atoms with E-state index in [0.717, 1.165) is 89.9 Å². The number of rotatable bonds is 50. The number of carbonyl (C=O) groups excluding carboxylic acids is 2. The van der Waals surface area contributed by atoms with Gasteiger partial charge in [0, 0.05) is 12.8 Å². The normalized spacial score (nSPS) is 12.9. The SMILES string of the molecule is CCCCCC/C=C\C/C=C\CCCCCCCC(=O)OCCCCC/C=C\CCCCCCCC(=O)NC(CO)C(O)CCCCCCCCCCCCCCCCCCC. The summed E-state index contributed by atoms with van der Waals surface area (Å²) in [5.74, 6) is -0.0972. The van der Waals surface area contributed by atoms with Gasteiger partial charge in [-0.05, 0) is 89.9 Å². The fraction of sp³-hybridized carbons (Fsp3) is 0.857. The number of aliphatic hydroxyl groups is 2. The molecule has 3 N–H and O–H groups in total. The van der Waals surface area contributed by atoms with Crippen molar-refractivity contribution in [1.29, 1.82) is 0 Å². The molecule has 0 fully saturated rings. The topological polar surface area (TPSA) is 95.9 Å². The van der Waals surface area contributed by atoms with Crippen LogP contribution in [0.5, 0.6) is 0 Å². The van der Waals surface area contributed by atoms with Gasteiger partial charge in [-0.15, -0.1) is 0 Å². The molecule has 0 spiro atoms.